The second-order valence-electron chi connectivity index (χ2n) is 12.3. The number of carbonyl (C=O) groups is 1. The van der Waals surface area contributed by atoms with Crippen LogP contribution in [0.5, 0.6) is 5.75 Å². The van der Waals surface area contributed by atoms with E-state index < -0.39 is 0 Å². The van der Waals surface area contributed by atoms with Crippen LogP contribution in [0.3, 0.4) is 0 Å². The number of nitrogens with zero attached hydrogens (tertiary/aromatic N) is 1. The van der Waals surface area contributed by atoms with Crippen molar-refractivity contribution in [3.05, 3.63) is 65.7 Å². The smallest absolute Gasteiger partial charge is 0.364 e. The Morgan fingerprint density at radius 3 is 1.95 bits per heavy atom. The number of hydrogen-bond donors (Lipinski definition) is 0. The van der Waals surface area contributed by atoms with Gasteiger partial charge in [-0.2, -0.15) is 0 Å². The SMILES string of the molecule is CCCCCCCCCCCCCCc1cccc(OC(C)CCOC(=O)C(C)[N+](C)(C)Cc2ccccc2)c1. The molecule has 4 nitrogen and oxygen atoms in total. The third-order valence-electron chi connectivity index (χ3n) is 8.15. The first-order chi connectivity index (χ1) is 19.3. The summed E-state index contributed by atoms with van der Waals surface area (Å²) in [6.45, 7) is 7.43. The van der Waals surface area contributed by atoms with E-state index in [0.29, 0.717) is 17.5 Å². The lowest BCUT2D eigenvalue weighted by Gasteiger charge is -2.34. The van der Waals surface area contributed by atoms with Crippen molar-refractivity contribution in [1.82, 2.24) is 0 Å². The fourth-order valence-electron chi connectivity index (χ4n) is 5.16. The number of likely N-dealkylation sites (N-methyl/N-ethyl adjacent to an activating group) is 1. The Bertz CT molecular complexity index is 927. The van der Waals surface area contributed by atoms with Gasteiger partial charge >= 0.3 is 5.97 Å². The zero-order valence-corrected chi connectivity index (χ0v) is 26.3. The van der Waals surface area contributed by atoms with Gasteiger partial charge in [-0.3, -0.25) is 0 Å². The van der Waals surface area contributed by atoms with Crippen LogP contribution >= 0.6 is 0 Å². The van der Waals surface area contributed by atoms with Gasteiger partial charge in [0.15, 0.2) is 6.04 Å². The van der Waals surface area contributed by atoms with Crippen molar-refractivity contribution in [2.45, 2.75) is 129 Å². The predicted molar refractivity (Wildman–Crippen MR) is 169 cm³/mol. The summed E-state index contributed by atoms with van der Waals surface area (Å²) in [5.74, 6) is 0.752. The highest BCUT2D eigenvalue weighted by atomic mass is 16.5. The second-order valence-corrected chi connectivity index (χ2v) is 12.3. The highest BCUT2D eigenvalue weighted by molar-refractivity contribution is 5.74. The number of quaternary nitrogens is 1. The van der Waals surface area contributed by atoms with Crippen molar-refractivity contribution in [2.75, 3.05) is 20.7 Å². The maximum absolute atomic E-state index is 12.7. The number of esters is 1. The number of ether oxygens (including phenoxy) is 2. The van der Waals surface area contributed by atoms with Crippen LogP contribution in [0.25, 0.3) is 0 Å². The van der Waals surface area contributed by atoms with Gasteiger partial charge in [0.2, 0.25) is 0 Å². The Balaban J connectivity index is 1.59. The summed E-state index contributed by atoms with van der Waals surface area (Å²) in [6, 6.07) is 18.5. The average Bonchev–Trinajstić information content (AvgIpc) is 2.93. The van der Waals surface area contributed by atoms with Crippen LogP contribution < -0.4 is 4.74 Å². The van der Waals surface area contributed by atoms with Crippen LogP contribution in [0.1, 0.15) is 115 Å². The van der Waals surface area contributed by atoms with E-state index in [1.807, 2.05) is 38.1 Å². The fraction of sp³-hybridized carbons (Fsp3) is 0.639. The number of carbonyl (C=O) groups excluding carboxylic acids is 1. The number of hydrogen-bond acceptors (Lipinski definition) is 3. The number of aryl methyl sites for hydroxylation is 1. The van der Waals surface area contributed by atoms with Gasteiger partial charge in [-0.15, -0.1) is 0 Å². The number of rotatable bonds is 22. The first-order valence-corrected chi connectivity index (χ1v) is 16.1. The largest absolute Gasteiger partial charge is 0.491 e. The average molecular weight is 553 g/mol. The lowest BCUT2D eigenvalue weighted by molar-refractivity contribution is -0.917. The Morgan fingerprint density at radius 1 is 0.750 bits per heavy atom. The fourth-order valence-corrected chi connectivity index (χ4v) is 5.16. The molecule has 4 heteroatoms. The molecule has 0 saturated heterocycles. The highest BCUT2D eigenvalue weighted by Crippen LogP contribution is 2.19. The van der Waals surface area contributed by atoms with Gasteiger partial charge in [-0.25, -0.2) is 4.79 Å². The quantitative estimate of drug-likeness (QED) is 0.0829. The van der Waals surface area contributed by atoms with E-state index >= 15 is 0 Å². The van der Waals surface area contributed by atoms with E-state index in [2.05, 4.69) is 51.4 Å². The Hall–Kier alpha value is -2.33. The minimum atomic E-state index is -0.242. The van der Waals surface area contributed by atoms with Gasteiger partial charge in [0, 0.05) is 12.0 Å². The summed E-state index contributed by atoms with van der Waals surface area (Å²) in [4.78, 5) is 12.7. The van der Waals surface area contributed by atoms with E-state index in [9.17, 15) is 4.79 Å². The minimum Gasteiger partial charge on any atom is -0.491 e. The minimum absolute atomic E-state index is 0.0168. The second kappa shape index (κ2) is 19.7. The molecule has 0 spiro atoms. The summed E-state index contributed by atoms with van der Waals surface area (Å²) >= 11 is 0. The highest BCUT2D eigenvalue weighted by Gasteiger charge is 2.32. The molecule has 0 heterocycles. The third kappa shape index (κ3) is 14.3. The Labute approximate surface area is 246 Å². The van der Waals surface area contributed by atoms with Gasteiger partial charge in [0.1, 0.15) is 12.3 Å². The molecular weight excluding hydrogens is 494 g/mol. The number of unbranched alkanes of at least 4 members (excludes halogenated alkanes) is 11. The van der Waals surface area contributed by atoms with Gasteiger partial charge < -0.3 is 14.0 Å². The normalized spacial score (nSPS) is 13.1. The maximum Gasteiger partial charge on any atom is 0.364 e. The predicted octanol–water partition coefficient (Wildman–Crippen LogP) is 9.30. The molecule has 2 atom stereocenters. The molecule has 0 aromatic heterocycles. The van der Waals surface area contributed by atoms with E-state index in [1.165, 1.54) is 88.2 Å². The third-order valence-corrected chi connectivity index (χ3v) is 8.15. The Kier molecular flexibility index (Phi) is 16.7. The van der Waals surface area contributed by atoms with Crippen LogP contribution in [0.2, 0.25) is 0 Å². The molecule has 2 aromatic rings. The zero-order chi connectivity index (χ0) is 29.1. The maximum atomic E-state index is 12.7. The van der Waals surface area contributed by atoms with Gasteiger partial charge in [0.25, 0.3) is 0 Å². The summed E-state index contributed by atoms with van der Waals surface area (Å²) in [5, 5.41) is 0. The van der Waals surface area contributed by atoms with Crippen molar-refractivity contribution in [3.8, 4) is 5.75 Å². The molecule has 0 aliphatic rings. The van der Waals surface area contributed by atoms with E-state index in [0.717, 1.165) is 18.7 Å². The van der Waals surface area contributed by atoms with E-state index in [4.69, 9.17) is 9.47 Å². The van der Waals surface area contributed by atoms with Crippen molar-refractivity contribution < 1.29 is 18.8 Å². The summed E-state index contributed by atoms with van der Waals surface area (Å²) in [6.07, 6.45) is 18.3. The Morgan fingerprint density at radius 2 is 1.32 bits per heavy atom. The summed E-state index contributed by atoms with van der Waals surface area (Å²) < 4.78 is 12.4. The molecule has 2 rings (SSSR count). The van der Waals surface area contributed by atoms with Crippen LogP contribution in [-0.2, 0) is 22.5 Å². The van der Waals surface area contributed by atoms with Gasteiger partial charge in [-0.1, -0.05) is 120 Å². The topological polar surface area (TPSA) is 35.5 Å². The molecule has 2 unspecified atom stereocenters. The molecule has 2 aromatic carbocycles. The van der Waals surface area contributed by atoms with Gasteiger partial charge in [0.05, 0.1) is 26.8 Å². The van der Waals surface area contributed by atoms with Crippen molar-refractivity contribution in [1.29, 1.82) is 0 Å². The number of benzene rings is 2. The zero-order valence-electron chi connectivity index (χ0n) is 26.3. The summed E-state index contributed by atoms with van der Waals surface area (Å²) in [5.41, 5.74) is 2.56. The molecule has 224 valence electrons. The van der Waals surface area contributed by atoms with Crippen LogP contribution in [-0.4, -0.2) is 43.3 Å². The molecular formula is C36H58NO3+. The molecule has 0 bridgehead atoms. The van der Waals surface area contributed by atoms with E-state index in [1.54, 1.807) is 0 Å². The van der Waals surface area contributed by atoms with Crippen LogP contribution in [0.4, 0.5) is 0 Å². The molecule has 0 saturated carbocycles. The molecule has 0 N–H and O–H groups in total. The standard InChI is InChI=1S/C36H58NO3/c1-6-7-8-9-10-11-12-13-14-15-16-18-22-33-25-21-26-35(29-33)40-31(2)27-28-39-36(38)32(3)37(4,5)30-34-23-19-17-20-24-34/h17,19-21,23-26,29,31-32H,6-16,18,22,27-28,30H2,1-5H3/q+1. The molecule has 0 radical (unpaired) electrons. The molecule has 0 amide bonds. The first kappa shape index (κ1) is 33.9. The molecule has 0 aliphatic carbocycles. The molecule has 0 aliphatic heterocycles. The van der Waals surface area contributed by atoms with Gasteiger partial charge in [-0.05, 0) is 44.4 Å². The molecule has 0 fully saturated rings. The first-order valence-electron chi connectivity index (χ1n) is 16.1. The van der Waals surface area contributed by atoms with Crippen molar-refractivity contribution in [3.63, 3.8) is 0 Å². The van der Waals surface area contributed by atoms with Crippen molar-refractivity contribution >= 4 is 5.97 Å². The lowest BCUT2D eigenvalue weighted by atomic mass is 10.0. The van der Waals surface area contributed by atoms with Crippen LogP contribution in [0, 0.1) is 0 Å². The summed E-state index contributed by atoms with van der Waals surface area (Å²) in [7, 11) is 4.16. The van der Waals surface area contributed by atoms with E-state index in [-0.39, 0.29) is 18.1 Å². The monoisotopic (exact) mass is 552 g/mol. The van der Waals surface area contributed by atoms with Crippen LogP contribution in [0.15, 0.2) is 54.6 Å². The molecule has 40 heavy (non-hydrogen) atoms. The lowest BCUT2D eigenvalue weighted by Crippen LogP contribution is -2.51. The van der Waals surface area contributed by atoms with Crippen molar-refractivity contribution in [2.24, 2.45) is 0 Å².